The number of H-pyrrole nitrogens is 1. The summed E-state index contributed by atoms with van der Waals surface area (Å²) < 4.78 is 0. The SMILES string of the molecule is CNC(=O)[C@H]1C[C@@H]2CN(C(=O)c3ccc4[nH]ccc4c3)C[C@@H]2N1C(C)C. The Bertz CT molecular complexity index is 843. The van der Waals surface area contributed by atoms with Gasteiger partial charge in [0, 0.05) is 54.9 Å². The first kappa shape index (κ1) is 17.1. The predicted molar refractivity (Wildman–Crippen MR) is 101 cm³/mol. The molecule has 2 amide bonds. The summed E-state index contributed by atoms with van der Waals surface area (Å²) >= 11 is 0. The maximum atomic E-state index is 13.0. The van der Waals surface area contributed by atoms with Crippen molar-refractivity contribution < 1.29 is 9.59 Å². The van der Waals surface area contributed by atoms with Crippen LogP contribution in [0.25, 0.3) is 10.9 Å². The lowest BCUT2D eigenvalue weighted by Crippen LogP contribution is -2.50. The van der Waals surface area contributed by atoms with E-state index in [0.717, 1.165) is 29.4 Å². The molecule has 0 saturated carbocycles. The summed E-state index contributed by atoms with van der Waals surface area (Å²) in [5, 5.41) is 3.85. The number of fused-ring (bicyclic) bond motifs is 2. The minimum Gasteiger partial charge on any atom is -0.361 e. The fourth-order valence-corrected chi connectivity index (χ4v) is 4.75. The number of nitrogens with zero attached hydrogens (tertiary/aromatic N) is 2. The quantitative estimate of drug-likeness (QED) is 0.884. The largest absolute Gasteiger partial charge is 0.361 e. The van der Waals surface area contributed by atoms with Crippen LogP contribution < -0.4 is 5.32 Å². The number of hydrogen-bond donors (Lipinski definition) is 2. The standard InChI is InChI=1S/C20H26N4O2/c1-12(2)24-17(19(25)21-3)9-15-10-23(11-18(15)24)20(26)14-4-5-16-13(8-14)6-7-22-16/h4-8,12,15,17-18,22H,9-11H2,1-3H3,(H,21,25)/t15-,17-,18+/m1/s1. The second-order valence-electron chi connectivity index (χ2n) is 7.72. The topological polar surface area (TPSA) is 68.4 Å². The van der Waals surface area contributed by atoms with E-state index in [4.69, 9.17) is 0 Å². The minimum atomic E-state index is -0.0801. The van der Waals surface area contributed by atoms with Crippen LogP contribution in [0.4, 0.5) is 0 Å². The maximum absolute atomic E-state index is 13.0. The summed E-state index contributed by atoms with van der Waals surface area (Å²) in [5.74, 6) is 0.534. The highest BCUT2D eigenvalue weighted by Crippen LogP contribution is 2.37. The summed E-state index contributed by atoms with van der Waals surface area (Å²) in [6.45, 7) is 5.68. The van der Waals surface area contributed by atoms with E-state index in [-0.39, 0.29) is 29.9 Å². The molecule has 0 radical (unpaired) electrons. The van der Waals surface area contributed by atoms with Gasteiger partial charge in [-0.2, -0.15) is 0 Å². The van der Waals surface area contributed by atoms with E-state index >= 15 is 0 Å². The van der Waals surface area contributed by atoms with Gasteiger partial charge in [0.15, 0.2) is 0 Å². The molecule has 6 nitrogen and oxygen atoms in total. The molecule has 26 heavy (non-hydrogen) atoms. The molecule has 4 rings (SSSR count). The molecule has 2 aliphatic rings. The molecule has 3 heterocycles. The first-order chi connectivity index (χ1) is 12.5. The molecule has 138 valence electrons. The van der Waals surface area contributed by atoms with Crippen molar-refractivity contribution in [2.24, 2.45) is 5.92 Å². The molecule has 0 bridgehead atoms. The van der Waals surface area contributed by atoms with Crippen LogP contribution in [0, 0.1) is 5.92 Å². The molecule has 2 fully saturated rings. The van der Waals surface area contributed by atoms with Crippen LogP contribution in [-0.2, 0) is 4.79 Å². The van der Waals surface area contributed by atoms with Gasteiger partial charge in [-0.3, -0.25) is 14.5 Å². The Morgan fingerprint density at radius 2 is 2.04 bits per heavy atom. The fourth-order valence-electron chi connectivity index (χ4n) is 4.75. The Labute approximate surface area is 153 Å². The lowest BCUT2D eigenvalue weighted by Gasteiger charge is -2.33. The Morgan fingerprint density at radius 3 is 2.77 bits per heavy atom. The molecule has 2 aromatic rings. The van der Waals surface area contributed by atoms with E-state index in [1.165, 1.54) is 0 Å². The first-order valence-corrected chi connectivity index (χ1v) is 9.35. The molecular formula is C20H26N4O2. The van der Waals surface area contributed by atoms with Gasteiger partial charge >= 0.3 is 0 Å². The smallest absolute Gasteiger partial charge is 0.253 e. The molecule has 2 saturated heterocycles. The average Bonchev–Trinajstić information content (AvgIpc) is 3.32. The summed E-state index contributed by atoms with van der Waals surface area (Å²) in [6.07, 6.45) is 2.71. The first-order valence-electron chi connectivity index (χ1n) is 9.35. The average molecular weight is 354 g/mol. The number of benzene rings is 1. The number of rotatable bonds is 3. The highest BCUT2D eigenvalue weighted by atomic mass is 16.2. The number of carbonyl (C=O) groups excluding carboxylic acids is 2. The minimum absolute atomic E-state index is 0.0801. The highest BCUT2D eigenvalue weighted by Gasteiger charge is 2.50. The van der Waals surface area contributed by atoms with Gasteiger partial charge in [0.05, 0.1) is 6.04 Å². The third-order valence-electron chi connectivity index (χ3n) is 5.91. The van der Waals surface area contributed by atoms with Crippen molar-refractivity contribution in [2.75, 3.05) is 20.1 Å². The number of hydrogen-bond acceptors (Lipinski definition) is 3. The van der Waals surface area contributed by atoms with E-state index in [0.29, 0.717) is 12.5 Å². The molecule has 0 unspecified atom stereocenters. The summed E-state index contributed by atoms with van der Waals surface area (Å²) in [5.41, 5.74) is 1.77. The van der Waals surface area contributed by atoms with Gasteiger partial charge in [0.25, 0.3) is 5.91 Å². The van der Waals surface area contributed by atoms with Crippen molar-refractivity contribution in [3.05, 3.63) is 36.0 Å². The monoisotopic (exact) mass is 354 g/mol. The van der Waals surface area contributed by atoms with Gasteiger partial charge in [-0.25, -0.2) is 0 Å². The Morgan fingerprint density at radius 1 is 1.23 bits per heavy atom. The van der Waals surface area contributed by atoms with Crippen LogP contribution in [0.15, 0.2) is 30.5 Å². The third kappa shape index (κ3) is 2.69. The van der Waals surface area contributed by atoms with Crippen LogP contribution in [0.3, 0.4) is 0 Å². The molecule has 2 aliphatic heterocycles. The van der Waals surface area contributed by atoms with Crippen molar-refractivity contribution in [3.63, 3.8) is 0 Å². The van der Waals surface area contributed by atoms with Gasteiger partial charge < -0.3 is 15.2 Å². The van der Waals surface area contributed by atoms with Gasteiger partial charge in [-0.05, 0) is 50.5 Å². The van der Waals surface area contributed by atoms with E-state index in [1.807, 2.05) is 35.4 Å². The number of amides is 2. The zero-order valence-corrected chi connectivity index (χ0v) is 15.5. The fraction of sp³-hybridized carbons (Fsp3) is 0.500. The number of likely N-dealkylation sites (tertiary alicyclic amines) is 2. The van der Waals surface area contributed by atoms with Gasteiger partial charge in [-0.1, -0.05) is 0 Å². The lowest BCUT2D eigenvalue weighted by atomic mass is 10.0. The summed E-state index contributed by atoms with van der Waals surface area (Å²) in [6, 6.07) is 8.25. The second-order valence-corrected chi connectivity index (χ2v) is 7.72. The molecule has 1 aromatic carbocycles. The molecule has 0 aliphatic carbocycles. The van der Waals surface area contributed by atoms with Crippen LogP contribution in [0.5, 0.6) is 0 Å². The lowest BCUT2D eigenvalue weighted by molar-refractivity contribution is -0.126. The zero-order chi connectivity index (χ0) is 18.4. The van der Waals surface area contributed by atoms with Gasteiger partial charge in [0.2, 0.25) is 5.91 Å². The maximum Gasteiger partial charge on any atom is 0.253 e. The summed E-state index contributed by atoms with van der Waals surface area (Å²) in [7, 11) is 1.70. The third-order valence-corrected chi connectivity index (χ3v) is 5.91. The predicted octanol–water partition coefficient (Wildman–Crippen LogP) is 1.84. The molecule has 6 heteroatoms. The van der Waals surface area contributed by atoms with Crippen LogP contribution >= 0.6 is 0 Å². The van der Waals surface area contributed by atoms with Crippen molar-refractivity contribution in [1.82, 2.24) is 20.1 Å². The Kier molecular flexibility index (Phi) is 4.23. The second kappa shape index (κ2) is 6.43. The number of nitrogens with one attached hydrogen (secondary N) is 2. The Balaban J connectivity index is 1.53. The normalized spacial score (nSPS) is 25.8. The van der Waals surface area contributed by atoms with E-state index < -0.39 is 0 Å². The van der Waals surface area contributed by atoms with Crippen molar-refractivity contribution in [1.29, 1.82) is 0 Å². The van der Waals surface area contributed by atoms with Crippen LogP contribution in [0.1, 0.15) is 30.6 Å². The van der Waals surface area contributed by atoms with Crippen molar-refractivity contribution >= 4 is 22.7 Å². The highest BCUT2D eigenvalue weighted by molar-refractivity contribution is 5.98. The molecule has 2 N–H and O–H groups in total. The van der Waals surface area contributed by atoms with Crippen LogP contribution in [-0.4, -0.2) is 64.9 Å². The molecule has 3 atom stereocenters. The van der Waals surface area contributed by atoms with E-state index in [2.05, 4.69) is 29.0 Å². The zero-order valence-electron chi connectivity index (χ0n) is 15.5. The summed E-state index contributed by atoms with van der Waals surface area (Å²) in [4.78, 5) is 32.7. The number of aromatic amines is 1. The van der Waals surface area contributed by atoms with E-state index in [9.17, 15) is 9.59 Å². The van der Waals surface area contributed by atoms with Gasteiger partial charge in [0.1, 0.15) is 0 Å². The number of likely N-dealkylation sites (N-methyl/N-ethyl adjacent to an activating group) is 1. The number of carbonyl (C=O) groups is 2. The number of aromatic nitrogens is 1. The van der Waals surface area contributed by atoms with E-state index in [1.54, 1.807) is 7.05 Å². The molecule has 0 spiro atoms. The van der Waals surface area contributed by atoms with Crippen molar-refractivity contribution in [3.8, 4) is 0 Å². The van der Waals surface area contributed by atoms with Gasteiger partial charge in [-0.15, -0.1) is 0 Å². The Hall–Kier alpha value is -2.34. The van der Waals surface area contributed by atoms with Crippen LogP contribution in [0.2, 0.25) is 0 Å². The van der Waals surface area contributed by atoms with Crippen molar-refractivity contribution in [2.45, 2.75) is 38.4 Å². The molecule has 1 aromatic heterocycles. The molecular weight excluding hydrogens is 328 g/mol.